The minimum absolute atomic E-state index is 0.0618. The molecule has 2 aliphatic heterocycles. The number of methoxy groups -OCH3 is 1. The third kappa shape index (κ3) is 5.93. The van der Waals surface area contributed by atoms with Crippen LogP contribution < -0.4 is 10.1 Å². The highest BCUT2D eigenvalue weighted by Gasteiger charge is 2.33. The van der Waals surface area contributed by atoms with Gasteiger partial charge in [-0.1, -0.05) is 30.3 Å². The first-order chi connectivity index (χ1) is 17.0. The molecule has 2 aromatic rings. The molecule has 0 saturated carbocycles. The number of para-hydroxylation sites is 1. The van der Waals surface area contributed by atoms with Crippen LogP contribution in [-0.2, 0) is 27.3 Å². The Kier molecular flexibility index (Phi) is 7.90. The van der Waals surface area contributed by atoms with E-state index in [2.05, 4.69) is 5.32 Å². The number of esters is 1. The number of rotatable bonds is 8. The Morgan fingerprint density at radius 1 is 1.11 bits per heavy atom. The third-order valence-corrected chi connectivity index (χ3v) is 6.77. The monoisotopic (exact) mass is 479 g/mol. The van der Waals surface area contributed by atoms with Gasteiger partial charge in [-0.25, -0.2) is 4.79 Å². The highest BCUT2D eigenvalue weighted by atomic mass is 16.5. The lowest BCUT2D eigenvalue weighted by Crippen LogP contribution is -2.51. The molecule has 1 atom stereocenters. The molecule has 2 aromatic carbocycles. The molecular formula is C27H33N3O5. The molecule has 1 fully saturated rings. The van der Waals surface area contributed by atoms with Crippen molar-refractivity contribution in [2.45, 2.75) is 45.2 Å². The molecule has 186 valence electrons. The number of anilines is 1. The van der Waals surface area contributed by atoms with E-state index in [0.29, 0.717) is 45.5 Å². The molecular weight excluding hydrogens is 446 g/mol. The standard InChI is InChI=1S/C27H33N3O5/c1-3-35-23-9-6-7-19(16-23)15-21(26(32)34-2)17-25(31)29-13-11-22(12-14-29)30-18-20-8-4-5-10-24(20)28-27(30)33/h4-10,16,21-22H,3,11-15,17-18H2,1-2H3,(H,28,33). The van der Waals surface area contributed by atoms with Gasteiger partial charge in [0.25, 0.3) is 0 Å². The van der Waals surface area contributed by atoms with Crippen molar-refractivity contribution in [2.75, 3.05) is 32.1 Å². The second-order valence-electron chi connectivity index (χ2n) is 9.04. The summed E-state index contributed by atoms with van der Waals surface area (Å²) in [6.45, 7) is 4.17. The lowest BCUT2D eigenvalue weighted by atomic mass is 9.94. The van der Waals surface area contributed by atoms with E-state index >= 15 is 0 Å². The topological polar surface area (TPSA) is 88.2 Å². The fraction of sp³-hybridized carbons (Fsp3) is 0.444. The fourth-order valence-electron chi connectivity index (χ4n) is 4.90. The summed E-state index contributed by atoms with van der Waals surface area (Å²) in [4.78, 5) is 41.9. The zero-order chi connectivity index (χ0) is 24.8. The van der Waals surface area contributed by atoms with Crippen LogP contribution in [0.5, 0.6) is 5.75 Å². The summed E-state index contributed by atoms with van der Waals surface area (Å²) in [7, 11) is 1.35. The van der Waals surface area contributed by atoms with Crippen LogP contribution in [0, 0.1) is 5.92 Å². The summed E-state index contributed by atoms with van der Waals surface area (Å²) in [6, 6.07) is 15.4. The van der Waals surface area contributed by atoms with Crippen LogP contribution in [0.3, 0.4) is 0 Å². The summed E-state index contributed by atoms with van der Waals surface area (Å²) in [5, 5.41) is 2.97. The van der Waals surface area contributed by atoms with Gasteiger partial charge >= 0.3 is 12.0 Å². The van der Waals surface area contributed by atoms with E-state index in [1.54, 1.807) is 4.90 Å². The second kappa shape index (κ2) is 11.3. The number of nitrogens with zero attached hydrogens (tertiary/aromatic N) is 2. The number of nitrogens with one attached hydrogen (secondary N) is 1. The van der Waals surface area contributed by atoms with Crippen LogP contribution in [0.25, 0.3) is 0 Å². The first kappa shape index (κ1) is 24.6. The average molecular weight is 480 g/mol. The lowest BCUT2D eigenvalue weighted by Gasteiger charge is -2.40. The van der Waals surface area contributed by atoms with Crippen LogP contribution >= 0.6 is 0 Å². The Bertz CT molecular complexity index is 1060. The Labute approximate surface area is 206 Å². The fourth-order valence-corrected chi connectivity index (χ4v) is 4.90. The van der Waals surface area contributed by atoms with Crippen LogP contribution in [0.2, 0.25) is 0 Å². The van der Waals surface area contributed by atoms with Crippen molar-refractivity contribution in [3.8, 4) is 5.75 Å². The Morgan fingerprint density at radius 3 is 2.63 bits per heavy atom. The van der Waals surface area contributed by atoms with Crippen molar-refractivity contribution in [1.82, 2.24) is 9.80 Å². The minimum Gasteiger partial charge on any atom is -0.494 e. The van der Waals surface area contributed by atoms with E-state index in [-0.39, 0.29) is 24.4 Å². The number of hydrogen-bond donors (Lipinski definition) is 1. The molecule has 1 unspecified atom stereocenters. The molecule has 2 aliphatic rings. The normalized spacial score (nSPS) is 16.8. The molecule has 4 rings (SSSR count). The van der Waals surface area contributed by atoms with Gasteiger partial charge in [0.1, 0.15) is 5.75 Å². The molecule has 0 radical (unpaired) electrons. The summed E-state index contributed by atoms with van der Waals surface area (Å²) in [5.41, 5.74) is 2.89. The molecule has 35 heavy (non-hydrogen) atoms. The van der Waals surface area contributed by atoms with Crippen molar-refractivity contribution in [3.05, 3.63) is 59.7 Å². The molecule has 0 bridgehead atoms. The molecule has 3 amide bonds. The number of hydrogen-bond acceptors (Lipinski definition) is 5. The SMILES string of the molecule is CCOc1cccc(CC(CC(=O)N2CCC(N3Cc4ccccc4NC3=O)CC2)C(=O)OC)c1. The maximum Gasteiger partial charge on any atom is 0.322 e. The number of amides is 3. The number of ether oxygens (including phenoxy) is 2. The van der Waals surface area contributed by atoms with E-state index in [9.17, 15) is 14.4 Å². The highest BCUT2D eigenvalue weighted by Crippen LogP contribution is 2.28. The molecule has 1 saturated heterocycles. The molecule has 0 spiro atoms. The number of benzene rings is 2. The van der Waals surface area contributed by atoms with Gasteiger partial charge in [-0.2, -0.15) is 0 Å². The molecule has 8 heteroatoms. The van der Waals surface area contributed by atoms with Gasteiger partial charge in [-0.05, 0) is 55.5 Å². The number of carbonyl (C=O) groups is 3. The van der Waals surface area contributed by atoms with Crippen molar-refractivity contribution < 1.29 is 23.9 Å². The number of likely N-dealkylation sites (tertiary alicyclic amines) is 1. The maximum atomic E-state index is 13.1. The number of urea groups is 1. The predicted octanol–water partition coefficient (Wildman–Crippen LogP) is 3.85. The van der Waals surface area contributed by atoms with Crippen LogP contribution in [0.4, 0.5) is 10.5 Å². The first-order valence-corrected chi connectivity index (χ1v) is 12.2. The molecule has 2 heterocycles. The largest absolute Gasteiger partial charge is 0.494 e. The van der Waals surface area contributed by atoms with Gasteiger partial charge in [0.15, 0.2) is 0 Å². The summed E-state index contributed by atoms with van der Waals surface area (Å²) in [6.07, 6.45) is 1.91. The van der Waals surface area contributed by atoms with E-state index in [4.69, 9.17) is 9.47 Å². The first-order valence-electron chi connectivity index (χ1n) is 12.2. The van der Waals surface area contributed by atoms with E-state index < -0.39 is 11.9 Å². The Hall–Kier alpha value is -3.55. The van der Waals surface area contributed by atoms with Crippen LogP contribution in [-0.4, -0.2) is 60.6 Å². The van der Waals surface area contributed by atoms with E-state index in [1.165, 1.54) is 7.11 Å². The van der Waals surface area contributed by atoms with Crippen molar-refractivity contribution >= 4 is 23.6 Å². The summed E-state index contributed by atoms with van der Waals surface area (Å²) in [5.74, 6) is -0.273. The number of piperidine rings is 1. The van der Waals surface area contributed by atoms with Crippen molar-refractivity contribution in [2.24, 2.45) is 5.92 Å². The zero-order valence-electron chi connectivity index (χ0n) is 20.4. The third-order valence-electron chi connectivity index (χ3n) is 6.77. The van der Waals surface area contributed by atoms with Crippen molar-refractivity contribution in [3.63, 3.8) is 0 Å². The number of carbonyl (C=O) groups excluding carboxylic acids is 3. The van der Waals surface area contributed by atoms with Crippen LogP contribution in [0.1, 0.15) is 37.3 Å². The number of fused-ring (bicyclic) bond motifs is 1. The van der Waals surface area contributed by atoms with E-state index in [1.807, 2.05) is 60.4 Å². The van der Waals surface area contributed by atoms with Crippen LogP contribution in [0.15, 0.2) is 48.5 Å². The predicted molar refractivity (Wildman–Crippen MR) is 132 cm³/mol. The van der Waals surface area contributed by atoms with E-state index in [0.717, 1.165) is 22.6 Å². The Morgan fingerprint density at radius 2 is 1.89 bits per heavy atom. The summed E-state index contributed by atoms with van der Waals surface area (Å²) >= 11 is 0. The van der Waals surface area contributed by atoms with Gasteiger partial charge in [0, 0.05) is 37.8 Å². The van der Waals surface area contributed by atoms with Gasteiger partial charge in [-0.15, -0.1) is 0 Å². The lowest BCUT2D eigenvalue weighted by molar-refractivity contribution is -0.149. The maximum absolute atomic E-state index is 13.1. The molecule has 0 aliphatic carbocycles. The van der Waals surface area contributed by atoms with Gasteiger partial charge in [-0.3, -0.25) is 9.59 Å². The second-order valence-corrected chi connectivity index (χ2v) is 9.04. The Balaban J connectivity index is 1.34. The van der Waals surface area contributed by atoms with Gasteiger partial charge in [0.05, 0.1) is 19.6 Å². The zero-order valence-corrected chi connectivity index (χ0v) is 20.4. The highest BCUT2D eigenvalue weighted by molar-refractivity contribution is 5.92. The van der Waals surface area contributed by atoms with Gasteiger partial charge in [0.2, 0.25) is 5.91 Å². The minimum atomic E-state index is -0.563. The van der Waals surface area contributed by atoms with Crippen molar-refractivity contribution in [1.29, 1.82) is 0 Å². The summed E-state index contributed by atoms with van der Waals surface area (Å²) < 4.78 is 10.5. The molecule has 1 N–H and O–H groups in total. The molecule has 8 nitrogen and oxygen atoms in total. The molecule has 0 aromatic heterocycles. The quantitative estimate of drug-likeness (QED) is 0.581. The van der Waals surface area contributed by atoms with Gasteiger partial charge < -0.3 is 24.6 Å². The smallest absolute Gasteiger partial charge is 0.322 e. The average Bonchev–Trinajstić information content (AvgIpc) is 2.88.